The molecule has 2 rings (SSSR count). The number of hydrogen-bond donors (Lipinski definition) is 3. The van der Waals surface area contributed by atoms with Gasteiger partial charge in [-0.25, -0.2) is 4.39 Å². The van der Waals surface area contributed by atoms with Crippen LogP contribution >= 0.6 is 11.3 Å². The first-order valence-corrected chi connectivity index (χ1v) is 7.16. The summed E-state index contributed by atoms with van der Waals surface area (Å²) in [6.45, 7) is 3.48. The number of halogens is 1. The molecule has 0 aliphatic rings. The molecule has 0 spiro atoms. The van der Waals surface area contributed by atoms with Crippen LogP contribution in [0, 0.1) is 5.82 Å². The Morgan fingerprint density at radius 2 is 2.20 bits per heavy atom. The number of fused-ring (bicyclic) bond motifs is 1. The zero-order chi connectivity index (χ0) is 14.9. The zero-order valence-electron chi connectivity index (χ0n) is 11.3. The van der Waals surface area contributed by atoms with Gasteiger partial charge in [0.25, 0.3) is 5.91 Å². The van der Waals surface area contributed by atoms with Gasteiger partial charge in [0.15, 0.2) is 0 Å². The fraction of sp³-hybridized carbons (Fsp3) is 0.357. The maximum atomic E-state index is 13.2. The number of hydrogen-bond acceptors (Lipinski definition) is 4. The Hall–Kier alpha value is -1.66. The summed E-state index contributed by atoms with van der Waals surface area (Å²) in [5, 5.41) is 12.6. The van der Waals surface area contributed by atoms with E-state index in [0.717, 1.165) is 4.70 Å². The highest BCUT2D eigenvalue weighted by Gasteiger charge is 2.18. The van der Waals surface area contributed by atoms with Crippen LogP contribution in [0.15, 0.2) is 18.2 Å². The van der Waals surface area contributed by atoms with E-state index in [1.807, 2.05) is 6.92 Å². The Morgan fingerprint density at radius 1 is 1.50 bits per heavy atom. The number of benzene rings is 1. The Labute approximate surface area is 120 Å². The van der Waals surface area contributed by atoms with Crippen LogP contribution in [0.4, 0.5) is 10.1 Å². The minimum Gasteiger partial charge on any atom is -0.397 e. The number of aliphatic hydroxyl groups is 1. The van der Waals surface area contributed by atoms with Crippen molar-refractivity contribution in [3.8, 4) is 0 Å². The average molecular weight is 296 g/mol. The van der Waals surface area contributed by atoms with Crippen LogP contribution < -0.4 is 11.1 Å². The van der Waals surface area contributed by atoms with Gasteiger partial charge in [-0.1, -0.05) is 0 Å². The monoisotopic (exact) mass is 296 g/mol. The summed E-state index contributed by atoms with van der Waals surface area (Å²) in [7, 11) is 0. The first-order chi connectivity index (χ1) is 9.38. The van der Waals surface area contributed by atoms with Gasteiger partial charge < -0.3 is 16.2 Å². The molecule has 108 valence electrons. The second kappa shape index (κ2) is 5.76. The second-order valence-corrected chi connectivity index (χ2v) is 6.00. The van der Waals surface area contributed by atoms with Crippen LogP contribution in [0.2, 0.25) is 0 Å². The van der Waals surface area contributed by atoms with E-state index < -0.39 is 6.10 Å². The Bertz CT molecular complexity index is 639. The SMILES string of the molecule is CC(O)CC(C)NC(=O)c1sc2ccc(F)cc2c1N. The maximum Gasteiger partial charge on any atom is 0.263 e. The average Bonchev–Trinajstić information content (AvgIpc) is 2.65. The third-order valence-corrected chi connectivity index (χ3v) is 4.15. The van der Waals surface area contributed by atoms with Crippen molar-refractivity contribution in [3.05, 3.63) is 28.9 Å². The molecular weight excluding hydrogens is 279 g/mol. The van der Waals surface area contributed by atoms with Crippen molar-refractivity contribution in [2.75, 3.05) is 5.73 Å². The lowest BCUT2D eigenvalue weighted by Gasteiger charge is -2.14. The van der Waals surface area contributed by atoms with E-state index in [1.165, 1.54) is 23.5 Å². The first kappa shape index (κ1) is 14.7. The highest BCUT2D eigenvalue weighted by atomic mass is 32.1. The van der Waals surface area contributed by atoms with Gasteiger partial charge in [-0.05, 0) is 38.5 Å². The van der Waals surface area contributed by atoms with Crippen LogP contribution in [-0.4, -0.2) is 23.2 Å². The van der Waals surface area contributed by atoms with Crippen LogP contribution in [0.25, 0.3) is 10.1 Å². The van der Waals surface area contributed by atoms with Crippen molar-refractivity contribution in [2.45, 2.75) is 32.4 Å². The largest absolute Gasteiger partial charge is 0.397 e. The van der Waals surface area contributed by atoms with Crippen molar-refractivity contribution in [1.29, 1.82) is 0 Å². The molecular formula is C14H17FN2O2S. The lowest BCUT2D eigenvalue weighted by Crippen LogP contribution is -2.34. The summed E-state index contributed by atoms with van der Waals surface area (Å²) in [6, 6.07) is 4.12. The molecule has 4 N–H and O–H groups in total. The summed E-state index contributed by atoms with van der Waals surface area (Å²) < 4.78 is 14.0. The fourth-order valence-corrected chi connectivity index (χ4v) is 3.12. The van der Waals surface area contributed by atoms with E-state index in [1.54, 1.807) is 13.0 Å². The van der Waals surface area contributed by atoms with Crippen molar-refractivity contribution in [1.82, 2.24) is 5.32 Å². The van der Waals surface area contributed by atoms with Gasteiger partial charge in [-0.3, -0.25) is 4.79 Å². The van der Waals surface area contributed by atoms with Gasteiger partial charge in [-0.15, -0.1) is 11.3 Å². The molecule has 0 bridgehead atoms. The van der Waals surface area contributed by atoms with Crippen LogP contribution in [0.5, 0.6) is 0 Å². The lowest BCUT2D eigenvalue weighted by molar-refractivity contribution is 0.0928. The number of thiophene rings is 1. The molecule has 0 saturated carbocycles. The van der Waals surface area contributed by atoms with Gasteiger partial charge >= 0.3 is 0 Å². The Balaban J connectivity index is 2.24. The molecule has 0 radical (unpaired) electrons. The van der Waals surface area contributed by atoms with E-state index in [2.05, 4.69) is 5.32 Å². The normalized spacial score (nSPS) is 14.2. The summed E-state index contributed by atoms with van der Waals surface area (Å²) in [5.41, 5.74) is 6.22. The second-order valence-electron chi connectivity index (χ2n) is 4.94. The molecule has 2 atom stereocenters. The molecule has 1 heterocycles. The topological polar surface area (TPSA) is 75.3 Å². The van der Waals surface area contributed by atoms with Crippen molar-refractivity contribution >= 4 is 33.0 Å². The van der Waals surface area contributed by atoms with Gasteiger partial charge in [0.2, 0.25) is 0 Å². The Kier molecular flexibility index (Phi) is 4.25. The van der Waals surface area contributed by atoms with Crippen LogP contribution in [-0.2, 0) is 0 Å². The molecule has 1 aromatic heterocycles. The molecule has 20 heavy (non-hydrogen) atoms. The van der Waals surface area contributed by atoms with Gasteiger partial charge in [0.05, 0.1) is 11.8 Å². The van der Waals surface area contributed by atoms with Gasteiger partial charge in [0.1, 0.15) is 10.7 Å². The summed E-state index contributed by atoms with van der Waals surface area (Å²) >= 11 is 1.24. The number of nitrogens with one attached hydrogen (secondary N) is 1. The van der Waals surface area contributed by atoms with Crippen LogP contribution in [0.1, 0.15) is 29.9 Å². The summed E-state index contributed by atoms with van der Waals surface area (Å²) in [5.74, 6) is -0.673. The van der Waals surface area contributed by atoms with Crippen LogP contribution in [0.3, 0.4) is 0 Å². The third-order valence-electron chi connectivity index (χ3n) is 2.97. The van der Waals surface area contributed by atoms with Crippen molar-refractivity contribution in [2.24, 2.45) is 0 Å². The number of anilines is 1. The lowest BCUT2D eigenvalue weighted by atomic mass is 10.1. The first-order valence-electron chi connectivity index (χ1n) is 6.35. The molecule has 0 aliphatic carbocycles. The predicted molar refractivity (Wildman–Crippen MR) is 79.4 cm³/mol. The number of nitrogen functional groups attached to an aromatic ring is 1. The molecule has 1 amide bonds. The van der Waals surface area contributed by atoms with E-state index >= 15 is 0 Å². The zero-order valence-corrected chi connectivity index (χ0v) is 12.1. The van der Waals surface area contributed by atoms with Gasteiger partial charge in [-0.2, -0.15) is 0 Å². The van der Waals surface area contributed by atoms with E-state index in [4.69, 9.17) is 5.73 Å². The standard InChI is InChI=1S/C14H17FN2O2S/c1-7(5-8(2)18)17-14(19)13-12(16)10-6-9(15)3-4-11(10)20-13/h3-4,6-8,18H,5,16H2,1-2H3,(H,17,19). The Morgan fingerprint density at radius 3 is 2.85 bits per heavy atom. The molecule has 6 heteroatoms. The quantitative estimate of drug-likeness (QED) is 0.811. The molecule has 4 nitrogen and oxygen atoms in total. The summed E-state index contributed by atoms with van der Waals surface area (Å²) in [6.07, 6.45) is -0.0234. The summed E-state index contributed by atoms with van der Waals surface area (Å²) in [4.78, 5) is 12.5. The highest BCUT2D eigenvalue weighted by molar-refractivity contribution is 7.21. The molecule has 0 fully saturated rings. The fourth-order valence-electron chi connectivity index (χ4n) is 2.12. The molecule has 1 aromatic carbocycles. The number of amides is 1. The number of rotatable bonds is 4. The van der Waals surface area contributed by atoms with E-state index in [-0.39, 0.29) is 17.8 Å². The predicted octanol–water partition coefficient (Wildman–Crippen LogP) is 2.51. The minimum atomic E-state index is -0.487. The molecule has 0 saturated heterocycles. The third kappa shape index (κ3) is 3.08. The minimum absolute atomic E-state index is 0.163. The van der Waals surface area contributed by atoms with E-state index in [0.29, 0.717) is 22.4 Å². The van der Waals surface area contributed by atoms with Crippen molar-refractivity contribution < 1.29 is 14.3 Å². The molecule has 2 unspecified atom stereocenters. The number of carbonyl (C=O) groups excluding carboxylic acids is 1. The number of aliphatic hydroxyl groups excluding tert-OH is 1. The van der Waals surface area contributed by atoms with Crippen molar-refractivity contribution in [3.63, 3.8) is 0 Å². The van der Waals surface area contributed by atoms with E-state index in [9.17, 15) is 14.3 Å². The molecule has 0 aliphatic heterocycles. The number of nitrogens with two attached hydrogens (primary N) is 1. The van der Waals surface area contributed by atoms with Gasteiger partial charge in [0, 0.05) is 16.1 Å². The molecule has 2 aromatic rings. The maximum absolute atomic E-state index is 13.2. The smallest absolute Gasteiger partial charge is 0.263 e. The number of carbonyl (C=O) groups is 1. The highest BCUT2D eigenvalue weighted by Crippen LogP contribution is 2.34.